The van der Waals surface area contributed by atoms with Crippen LogP contribution in [0.1, 0.15) is 36.8 Å². The van der Waals surface area contributed by atoms with E-state index in [1.165, 1.54) is 0 Å². The third-order valence-electron chi connectivity index (χ3n) is 2.74. The second-order valence-corrected chi connectivity index (χ2v) is 4.36. The minimum Gasteiger partial charge on any atom is -0.481 e. The van der Waals surface area contributed by atoms with Crippen LogP contribution in [-0.4, -0.2) is 23.5 Å². The molecular formula is C14H19NO3. The topological polar surface area (TPSA) is 66.4 Å². The molecule has 18 heavy (non-hydrogen) atoms. The lowest BCUT2D eigenvalue weighted by Crippen LogP contribution is -2.27. The van der Waals surface area contributed by atoms with Crippen LogP contribution in [0.4, 0.5) is 0 Å². The van der Waals surface area contributed by atoms with Gasteiger partial charge in [0.25, 0.3) is 0 Å². The molecule has 0 heterocycles. The zero-order valence-electron chi connectivity index (χ0n) is 10.8. The second-order valence-electron chi connectivity index (χ2n) is 4.36. The number of carbonyl (C=O) groups excluding carboxylic acids is 1. The lowest BCUT2D eigenvalue weighted by atomic mass is 9.95. The van der Waals surface area contributed by atoms with Gasteiger partial charge in [0.1, 0.15) is 0 Å². The Morgan fingerprint density at radius 1 is 1.28 bits per heavy atom. The van der Waals surface area contributed by atoms with Crippen molar-refractivity contribution in [2.75, 3.05) is 6.54 Å². The highest BCUT2D eigenvalue weighted by atomic mass is 16.4. The summed E-state index contributed by atoms with van der Waals surface area (Å²) in [7, 11) is 0. The minimum absolute atomic E-state index is 0.0155. The quantitative estimate of drug-likeness (QED) is 0.811. The molecule has 0 bridgehead atoms. The minimum atomic E-state index is -0.967. The van der Waals surface area contributed by atoms with Crippen molar-refractivity contribution in [2.24, 2.45) is 0 Å². The summed E-state index contributed by atoms with van der Waals surface area (Å²) in [6.07, 6.45) is 0.826. The molecule has 1 atom stereocenters. The summed E-state index contributed by atoms with van der Waals surface area (Å²) < 4.78 is 0. The molecule has 0 aliphatic rings. The van der Waals surface area contributed by atoms with Gasteiger partial charge in [0, 0.05) is 13.0 Å². The number of hydrogen-bond acceptors (Lipinski definition) is 2. The zero-order valence-corrected chi connectivity index (χ0v) is 10.8. The number of aryl methyl sites for hydroxylation is 1. The van der Waals surface area contributed by atoms with Gasteiger partial charge in [-0.2, -0.15) is 0 Å². The van der Waals surface area contributed by atoms with Crippen LogP contribution in [0.25, 0.3) is 0 Å². The van der Waals surface area contributed by atoms with Crippen molar-refractivity contribution < 1.29 is 14.7 Å². The maximum atomic E-state index is 11.6. The van der Waals surface area contributed by atoms with E-state index in [0.717, 1.165) is 12.0 Å². The van der Waals surface area contributed by atoms with E-state index in [-0.39, 0.29) is 12.3 Å². The Morgan fingerprint density at radius 2 is 1.89 bits per heavy atom. The first-order chi connectivity index (χ1) is 8.54. The number of aliphatic carboxylic acids is 1. The Kier molecular flexibility index (Phi) is 5.36. The summed E-state index contributed by atoms with van der Waals surface area (Å²) in [5, 5.41) is 11.9. The van der Waals surface area contributed by atoms with E-state index in [4.69, 9.17) is 0 Å². The highest BCUT2D eigenvalue weighted by molar-refractivity contribution is 5.85. The molecule has 0 radical (unpaired) electrons. The zero-order chi connectivity index (χ0) is 13.5. The first-order valence-electron chi connectivity index (χ1n) is 6.10. The molecule has 1 unspecified atom stereocenters. The summed E-state index contributed by atoms with van der Waals surface area (Å²) >= 11 is 0. The van der Waals surface area contributed by atoms with Gasteiger partial charge in [-0.25, -0.2) is 0 Å². The molecule has 1 rings (SSSR count). The van der Waals surface area contributed by atoms with Gasteiger partial charge < -0.3 is 10.4 Å². The van der Waals surface area contributed by atoms with Gasteiger partial charge in [-0.1, -0.05) is 36.8 Å². The number of rotatable bonds is 6. The predicted octanol–water partition coefficient (Wildman–Crippen LogP) is 2.08. The maximum Gasteiger partial charge on any atom is 0.311 e. The number of benzene rings is 1. The average Bonchev–Trinajstić information content (AvgIpc) is 2.34. The molecule has 98 valence electrons. The lowest BCUT2D eigenvalue weighted by Gasteiger charge is -2.12. The number of hydrogen-bond donors (Lipinski definition) is 2. The number of amides is 1. The van der Waals surface area contributed by atoms with Crippen molar-refractivity contribution in [2.45, 2.75) is 32.6 Å². The van der Waals surface area contributed by atoms with Crippen LogP contribution in [-0.2, 0) is 9.59 Å². The van der Waals surface area contributed by atoms with E-state index < -0.39 is 11.9 Å². The number of nitrogens with one attached hydrogen (secondary N) is 1. The molecule has 0 aromatic heterocycles. The van der Waals surface area contributed by atoms with Crippen molar-refractivity contribution >= 4 is 11.9 Å². The molecule has 4 nitrogen and oxygen atoms in total. The molecule has 0 aliphatic heterocycles. The van der Waals surface area contributed by atoms with Crippen molar-refractivity contribution in [1.29, 1.82) is 0 Å². The van der Waals surface area contributed by atoms with Gasteiger partial charge in [-0.15, -0.1) is 0 Å². The molecule has 1 aromatic carbocycles. The van der Waals surface area contributed by atoms with Crippen molar-refractivity contribution in [3.8, 4) is 0 Å². The van der Waals surface area contributed by atoms with E-state index in [9.17, 15) is 14.7 Å². The van der Waals surface area contributed by atoms with E-state index in [0.29, 0.717) is 12.1 Å². The second kappa shape index (κ2) is 6.79. The highest BCUT2D eigenvalue weighted by Gasteiger charge is 2.22. The van der Waals surface area contributed by atoms with Gasteiger partial charge in [-0.3, -0.25) is 9.59 Å². The predicted molar refractivity (Wildman–Crippen MR) is 69.5 cm³/mol. The third-order valence-corrected chi connectivity index (χ3v) is 2.74. The largest absolute Gasteiger partial charge is 0.481 e. The monoisotopic (exact) mass is 249 g/mol. The Balaban J connectivity index is 2.74. The fourth-order valence-electron chi connectivity index (χ4n) is 1.67. The standard InChI is InChI=1S/C14H19NO3/c1-3-8-15-13(16)9-12(14(17)18)11-6-4-10(2)5-7-11/h4-7,12H,3,8-9H2,1-2H3,(H,15,16)(H,17,18). The van der Waals surface area contributed by atoms with Crippen molar-refractivity contribution in [1.82, 2.24) is 5.32 Å². The van der Waals surface area contributed by atoms with Crippen LogP contribution in [0.15, 0.2) is 24.3 Å². The molecule has 1 aromatic rings. The van der Waals surface area contributed by atoms with E-state index in [1.54, 1.807) is 12.1 Å². The fraction of sp³-hybridized carbons (Fsp3) is 0.429. The molecule has 0 saturated heterocycles. The van der Waals surface area contributed by atoms with Crippen LogP contribution in [0.5, 0.6) is 0 Å². The number of carboxylic acid groups (broad SMARTS) is 1. The molecule has 0 spiro atoms. The molecule has 2 N–H and O–H groups in total. The first-order valence-corrected chi connectivity index (χ1v) is 6.10. The van der Waals surface area contributed by atoms with Gasteiger partial charge in [0.05, 0.1) is 5.92 Å². The van der Waals surface area contributed by atoms with Gasteiger partial charge in [0.2, 0.25) is 5.91 Å². The van der Waals surface area contributed by atoms with E-state index in [1.807, 2.05) is 26.0 Å². The van der Waals surface area contributed by atoms with Crippen LogP contribution in [0, 0.1) is 6.92 Å². The number of carbonyl (C=O) groups is 2. The summed E-state index contributed by atoms with van der Waals surface area (Å²) in [4.78, 5) is 22.8. The molecular weight excluding hydrogens is 230 g/mol. The molecule has 0 aliphatic carbocycles. The summed E-state index contributed by atoms with van der Waals surface area (Å²) in [6.45, 7) is 4.47. The summed E-state index contributed by atoms with van der Waals surface area (Å²) in [5.74, 6) is -1.96. The number of carboxylic acids is 1. The molecule has 1 amide bonds. The Bertz CT molecular complexity index is 412. The Morgan fingerprint density at radius 3 is 2.39 bits per heavy atom. The first kappa shape index (κ1) is 14.2. The smallest absolute Gasteiger partial charge is 0.311 e. The van der Waals surface area contributed by atoms with E-state index >= 15 is 0 Å². The Hall–Kier alpha value is -1.84. The van der Waals surface area contributed by atoms with Crippen molar-refractivity contribution in [3.05, 3.63) is 35.4 Å². The molecule has 0 fully saturated rings. The van der Waals surface area contributed by atoms with Gasteiger partial charge in [0.15, 0.2) is 0 Å². The average molecular weight is 249 g/mol. The maximum absolute atomic E-state index is 11.6. The van der Waals surface area contributed by atoms with Crippen LogP contribution in [0.2, 0.25) is 0 Å². The Labute approximate surface area is 107 Å². The normalized spacial score (nSPS) is 11.9. The lowest BCUT2D eigenvalue weighted by molar-refractivity contribution is -0.140. The van der Waals surface area contributed by atoms with Crippen LogP contribution >= 0.6 is 0 Å². The molecule has 4 heteroatoms. The summed E-state index contributed by atoms with van der Waals surface area (Å²) in [6, 6.07) is 7.24. The van der Waals surface area contributed by atoms with E-state index in [2.05, 4.69) is 5.32 Å². The molecule has 0 saturated carbocycles. The van der Waals surface area contributed by atoms with Crippen LogP contribution in [0.3, 0.4) is 0 Å². The van der Waals surface area contributed by atoms with Crippen molar-refractivity contribution in [3.63, 3.8) is 0 Å². The van der Waals surface area contributed by atoms with Gasteiger partial charge in [-0.05, 0) is 18.9 Å². The highest BCUT2D eigenvalue weighted by Crippen LogP contribution is 2.20. The van der Waals surface area contributed by atoms with Gasteiger partial charge >= 0.3 is 5.97 Å². The SMILES string of the molecule is CCCNC(=O)CC(C(=O)O)c1ccc(C)cc1. The van der Waals surface area contributed by atoms with Crippen LogP contribution < -0.4 is 5.32 Å². The fourth-order valence-corrected chi connectivity index (χ4v) is 1.67. The third kappa shape index (κ3) is 4.20. The summed E-state index contributed by atoms with van der Waals surface area (Å²) in [5.41, 5.74) is 1.73.